The number of esters is 1. The van der Waals surface area contributed by atoms with E-state index < -0.39 is 0 Å². The zero-order chi connectivity index (χ0) is 14.7. The minimum Gasteiger partial charge on any atom is -0.456 e. The Morgan fingerprint density at radius 1 is 1.05 bits per heavy atom. The highest BCUT2D eigenvalue weighted by Crippen LogP contribution is 2.30. The summed E-state index contributed by atoms with van der Waals surface area (Å²) in [5.74, 6) is -0.161. The lowest BCUT2D eigenvalue weighted by Gasteiger charge is -2.17. The highest BCUT2D eigenvalue weighted by molar-refractivity contribution is 5.78. The quantitative estimate of drug-likeness (QED) is 0.873. The molecule has 21 heavy (non-hydrogen) atoms. The fourth-order valence-electron chi connectivity index (χ4n) is 2.73. The molecule has 1 aliphatic rings. The molecule has 0 saturated carbocycles. The number of rotatable bonds is 4. The third-order valence-corrected chi connectivity index (χ3v) is 3.91. The third-order valence-electron chi connectivity index (χ3n) is 3.91. The van der Waals surface area contributed by atoms with Gasteiger partial charge in [-0.05, 0) is 18.1 Å². The maximum atomic E-state index is 12.0. The SMILES string of the molecule is C[C@@H](N[C@@H]1C[C@H](c2ccccc2)OC1=O)c1ccccc1. The topological polar surface area (TPSA) is 38.3 Å². The molecule has 2 aromatic carbocycles. The largest absolute Gasteiger partial charge is 0.456 e. The van der Waals surface area contributed by atoms with Gasteiger partial charge in [-0.25, -0.2) is 0 Å². The van der Waals surface area contributed by atoms with Gasteiger partial charge in [-0.3, -0.25) is 10.1 Å². The van der Waals surface area contributed by atoms with E-state index in [2.05, 4.69) is 24.4 Å². The molecule has 2 aromatic rings. The Morgan fingerprint density at radius 2 is 1.67 bits per heavy atom. The van der Waals surface area contributed by atoms with Gasteiger partial charge in [0.15, 0.2) is 0 Å². The van der Waals surface area contributed by atoms with E-state index in [1.165, 1.54) is 5.56 Å². The summed E-state index contributed by atoms with van der Waals surface area (Å²) in [7, 11) is 0. The summed E-state index contributed by atoms with van der Waals surface area (Å²) in [5, 5.41) is 3.37. The molecular formula is C18H19NO2. The molecule has 3 nitrogen and oxygen atoms in total. The van der Waals surface area contributed by atoms with Crippen LogP contribution in [0, 0.1) is 0 Å². The summed E-state index contributed by atoms with van der Waals surface area (Å²) in [6, 6.07) is 19.9. The van der Waals surface area contributed by atoms with Gasteiger partial charge in [-0.15, -0.1) is 0 Å². The maximum absolute atomic E-state index is 12.0. The van der Waals surface area contributed by atoms with Crippen LogP contribution in [0.1, 0.15) is 36.6 Å². The molecular weight excluding hydrogens is 262 g/mol. The summed E-state index contributed by atoms with van der Waals surface area (Å²) in [5.41, 5.74) is 2.23. The monoisotopic (exact) mass is 281 g/mol. The third kappa shape index (κ3) is 3.14. The summed E-state index contributed by atoms with van der Waals surface area (Å²) < 4.78 is 5.50. The predicted octanol–water partition coefficient (Wildman–Crippen LogP) is 3.39. The van der Waals surface area contributed by atoms with Crippen molar-refractivity contribution >= 4 is 5.97 Å². The first kappa shape index (κ1) is 13.8. The average Bonchev–Trinajstić information content (AvgIpc) is 2.90. The van der Waals surface area contributed by atoms with E-state index >= 15 is 0 Å². The summed E-state index contributed by atoms with van der Waals surface area (Å²) in [6.07, 6.45) is 0.541. The average molecular weight is 281 g/mol. The fraction of sp³-hybridized carbons (Fsp3) is 0.278. The Labute approximate surface area is 124 Å². The molecule has 0 unspecified atom stereocenters. The molecule has 1 saturated heterocycles. The van der Waals surface area contributed by atoms with Crippen molar-refractivity contribution in [3.05, 3.63) is 71.8 Å². The number of hydrogen-bond acceptors (Lipinski definition) is 3. The van der Waals surface area contributed by atoms with Crippen molar-refractivity contribution in [1.82, 2.24) is 5.32 Å². The number of hydrogen-bond donors (Lipinski definition) is 1. The van der Waals surface area contributed by atoms with Gasteiger partial charge >= 0.3 is 5.97 Å². The van der Waals surface area contributed by atoms with Gasteiger partial charge in [-0.1, -0.05) is 60.7 Å². The van der Waals surface area contributed by atoms with Crippen LogP contribution in [0.5, 0.6) is 0 Å². The lowest BCUT2D eigenvalue weighted by molar-refractivity contribution is -0.143. The maximum Gasteiger partial charge on any atom is 0.323 e. The van der Waals surface area contributed by atoms with Crippen LogP contribution in [0.25, 0.3) is 0 Å². The Hall–Kier alpha value is -2.13. The number of ether oxygens (including phenoxy) is 1. The highest BCUT2D eigenvalue weighted by atomic mass is 16.6. The summed E-state index contributed by atoms with van der Waals surface area (Å²) >= 11 is 0. The normalized spacial score (nSPS) is 22.8. The molecule has 1 fully saturated rings. The molecule has 0 aromatic heterocycles. The molecule has 0 spiro atoms. The van der Waals surface area contributed by atoms with E-state index in [1.54, 1.807) is 0 Å². The molecule has 1 heterocycles. The highest BCUT2D eigenvalue weighted by Gasteiger charge is 2.35. The van der Waals surface area contributed by atoms with Crippen LogP contribution in [0.2, 0.25) is 0 Å². The van der Waals surface area contributed by atoms with E-state index in [4.69, 9.17) is 4.74 Å². The lowest BCUT2D eigenvalue weighted by atomic mass is 10.0. The molecule has 108 valence electrons. The minimum atomic E-state index is -0.245. The van der Waals surface area contributed by atoms with Gasteiger partial charge < -0.3 is 4.74 Å². The lowest BCUT2D eigenvalue weighted by Crippen LogP contribution is -2.35. The Morgan fingerprint density at radius 3 is 2.33 bits per heavy atom. The van der Waals surface area contributed by atoms with Crippen molar-refractivity contribution in [1.29, 1.82) is 0 Å². The first-order chi connectivity index (χ1) is 10.2. The van der Waals surface area contributed by atoms with Crippen molar-refractivity contribution in [3.63, 3.8) is 0 Å². The standard InChI is InChI=1S/C18H19NO2/c1-13(14-8-4-2-5-9-14)19-16-12-17(21-18(16)20)15-10-6-3-7-11-15/h2-11,13,16-17,19H,12H2,1H3/t13-,16-,17-/m1/s1. The van der Waals surface area contributed by atoms with Crippen molar-refractivity contribution in [2.24, 2.45) is 0 Å². The van der Waals surface area contributed by atoms with Crippen molar-refractivity contribution in [2.75, 3.05) is 0 Å². The second-order valence-electron chi connectivity index (χ2n) is 5.42. The summed E-state index contributed by atoms with van der Waals surface area (Å²) in [6.45, 7) is 2.07. The molecule has 0 radical (unpaired) electrons. The van der Waals surface area contributed by atoms with Gasteiger partial charge in [0, 0.05) is 12.5 Å². The Bertz CT molecular complexity index is 597. The molecule has 0 aliphatic carbocycles. The number of benzene rings is 2. The van der Waals surface area contributed by atoms with Crippen LogP contribution < -0.4 is 5.32 Å². The minimum absolute atomic E-state index is 0.123. The number of carbonyl (C=O) groups is 1. The molecule has 3 heteroatoms. The van der Waals surface area contributed by atoms with E-state index in [9.17, 15) is 4.79 Å². The molecule has 3 atom stereocenters. The van der Waals surface area contributed by atoms with Gasteiger partial charge in [0.1, 0.15) is 12.1 Å². The Balaban J connectivity index is 1.66. The van der Waals surface area contributed by atoms with E-state index in [-0.39, 0.29) is 24.2 Å². The van der Waals surface area contributed by atoms with Crippen molar-refractivity contribution < 1.29 is 9.53 Å². The van der Waals surface area contributed by atoms with E-state index in [1.807, 2.05) is 48.5 Å². The smallest absolute Gasteiger partial charge is 0.323 e. The van der Waals surface area contributed by atoms with Crippen LogP contribution in [0.15, 0.2) is 60.7 Å². The predicted molar refractivity (Wildman–Crippen MR) is 81.7 cm³/mol. The number of nitrogens with one attached hydrogen (secondary N) is 1. The number of carbonyl (C=O) groups excluding carboxylic acids is 1. The summed E-state index contributed by atoms with van der Waals surface area (Å²) in [4.78, 5) is 12.0. The van der Waals surface area contributed by atoms with Crippen LogP contribution >= 0.6 is 0 Å². The van der Waals surface area contributed by atoms with E-state index in [0.29, 0.717) is 6.42 Å². The van der Waals surface area contributed by atoms with Gasteiger partial charge in [0.2, 0.25) is 0 Å². The van der Waals surface area contributed by atoms with Gasteiger partial charge in [-0.2, -0.15) is 0 Å². The van der Waals surface area contributed by atoms with Crippen molar-refractivity contribution in [3.8, 4) is 0 Å². The van der Waals surface area contributed by atoms with Crippen LogP contribution in [-0.2, 0) is 9.53 Å². The zero-order valence-electron chi connectivity index (χ0n) is 12.0. The molecule has 1 N–H and O–H groups in total. The van der Waals surface area contributed by atoms with Gasteiger partial charge in [0.05, 0.1) is 0 Å². The molecule has 0 bridgehead atoms. The molecule has 3 rings (SSSR count). The zero-order valence-corrected chi connectivity index (χ0v) is 12.0. The fourth-order valence-corrected chi connectivity index (χ4v) is 2.73. The van der Waals surface area contributed by atoms with Gasteiger partial charge in [0.25, 0.3) is 0 Å². The Kier molecular flexibility index (Phi) is 4.02. The van der Waals surface area contributed by atoms with Crippen LogP contribution in [-0.4, -0.2) is 12.0 Å². The van der Waals surface area contributed by atoms with Crippen molar-refractivity contribution in [2.45, 2.75) is 31.5 Å². The molecule has 1 aliphatic heterocycles. The first-order valence-electron chi connectivity index (χ1n) is 7.30. The van der Waals surface area contributed by atoms with E-state index in [0.717, 1.165) is 5.56 Å². The van der Waals surface area contributed by atoms with Crippen LogP contribution in [0.3, 0.4) is 0 Å². The molecule has 0 amide bonds. The van der Waals surface area contributed by atoms with Crippen LogP contribution in [0.4, 0.5) is 0 Å². The first-order valence-corrected chi connectivity index (χ1v) is 7.30. The second kappa shape index (κ2) is 6.10. The second-order valence-corrected chi connectivity index (χ2v) is 5.42. The number of cyclic esters (lactones) is 1.